The van der Waals surface area contributed by atoms with Crippen molar-refractivity contribution in [2.24, 2.45) is 0 Å². The molecule has 0 saturated carbocycles. The van der Waals surface area contributed by atoms with Gasteiger partial charge in [-0.05, 0) is 22.0 Å². The lowest BCUT2D eigenvalue weighted by Gasteiger charge is -2.09. The lowest BCUT2D eigenvalue weighted by molar-refractivity contribution is 0.141. The molecule has 0 spiro atoms. The Morgan fingerprint density at radius 2 is 2.17 bits per heavy atom. The first-order valence-electron chi connectivity index (χ1n) is 3.38. The molecule has 0 amide bonds. The van der Waals surface area contributed by atoms with Gasteiger partial charge in [0.2, 0.25) is 0 Å². The third kappa shape index (κ3) is 1.76. The van der Waals surface area contributed by atoms with E-state index in [0.717, 1.165) is 0 Å². The Labute approximate surface area is 77.8 Å². The second kappa shape index (κ2) is 3.87. The number of phenolic OH excluding ortho intramolecular Hbond substituents is 1. The number of aliphatic hydroxyl groups is 1. The van der Waals surface area contributed by atoms with Gasteiger partial charge in [0.05, 0.1) is 4.47 Å². The fraction of sp³-hybridized carbons (Fsp3) is 0.250. The molecule has 0 aliphatic rings. The van der Waals surface area contributed by atoms with Crippen molar-refractivity contribution in [2.45, 2.75) is 6.10 Å². The van der Waals surface area contributed by atoms with Crippen LogP contribution in [0.4, 0.5) is 4.39 Å². The molecule has 0 aliphatic carbocycles. The molecular weight excluding hydrogens is 227 g/mol. The van der Waals surface area contributed by atoms with Crippen molar-refractivity contribution in [2.75, 3.05) is 6.67 Å². The van der Waals surface area contributed by atoms with E-state index in [0.29, 0.717) is 10.0 Å². The monoisotopic (exact) mass is 234 g/mol. The quantitative estimate of drug-likeness (QED) is 0.824. The van der Waals surface area contributed by atoms with Gasteiger partial charge in [-0.25, -0.2) is 4.39 Å². The van der Waals surface area contributed by atoms with Crippen LogP contribution in [0.3, 0.4) is 0 Å². The Kier molecular flexibility index (Phi) is 3.05. The molecule has 0 heterocycles. The van der Waals surface area contributed by atoms with Gasteiger partial charge in [0.1, 0.15) is 18.5 Å². The summed E-state index contributed by atoms with van der Waals surface area (Å²) in [7, 11) is 0. The van der Waals surface area contributed by atoms with Crippen molar-refractivity contribution >= 4 is 15.9 Å². The minimum Gasteiger partial charge on any atom is -0.507 e. The van der Waals surface area contributed by atoms with Crippen molar-refractivity contribution in [1.29, 1.82) is 0 Å². The van der Waals surface area contributed by atoms with Gasteiger partial charge in [-0.2, -0.15) is 0 Å². The predicted octanol–water partition coefficient (Wildman–Crippen LogP) is 2.16. The van der Waals surface area contributed by atoms with Crippen LogP contribution < -0.4 is 0 Å². The van der Waals surface area contributed by atoms with Crippen LogP contribution in [0, 0.1) is 0 Å². The molecule has 1 atom stereocenters. The molecule has 0 aliphatic heterocycles. The fourth-order valence-electron chi connectivity index (χ4n) is 0.878. The fourth-order valence-corrected chi connectivity index (χ4v) is 1.41. The average Bonchev–Trinajstić information content (AvgIpc) is 2.08. The summed E-state index contributed by atoms with van der Waals surface area (Å²) in [4.78, 5) is 0. The summed E-state index contributed by atoms with van der Waals surface area (Å²) in [6, 6.07) is 4.56. The van der Waals surface area contributed by atoms with Crippen LogP contribution in [0.15, 0.2) is 22.7 Å². The first-order valence-corrected chi connectivity index (χ1v) is 4.17. The summed E-state index contributed by atoms with van der Waals surface area (Å²) in [6.07, 6.45) is -1.17. The van der Waals surface area contributed by atoms with Crippen molar-refractivity contribution in [3.05, 3.63) is 28.2 Å². The van der Waals surface area contributed by atoms with E-state index in [1.807, 2.05) is 0 Å². The van der Waals surface area contributed by atoms with Gasteiger partial charge in [-0.1, -0.05) is 12.1 Å². The number of aliphatic hydroxyl groups excluding tert-OH is 1. The number of aromatic hydroxyl groups is 1. The van der Waals surface area contributed by atoms with Crippen LogP contribution in [0.2, 0.25) is 0 Å². The number of alkyl halides is 1. The Morgan fingerprint density at radius 3 is 2.75 bits per heavy atom. The normalized spacial score (nSPS) is 12.9. The van der Waals surface area contributed by atoms with Gasteiger partial charge in [0.25, 0.3) is 0 Å². The minimum atomic E-state index is -1.17. The Bertz CT molecular complexity index is 278. The molecule has 2 nitrogen and oxygen atoms in total. The van der Waals surface area contributed by atoms with Gasteiger partial charge in [0.15, 0.2) is 0 Å². The second-order valence-corrected chi connectivity index (χ2v) is 3.14. The highest BCUT2D eigenvalue weighted by Crippen LogP contribution is 2.31. The van der Waals surface area contributed by atoms with E-state index in [1.54, 1.807) is 12.1 Å². The van der Waals surface area contributed by atoms with Gasteiger partial charge in [0, 0.05) is 5.56 Å². The largest absolute Gasteiger partial charge is 0.507 e. The first-order chi connectivity index (χ1) is 5.66. The van der Waals surface area contributed by atoms with E-state index in [-0.39, 0.29) is 5.75 Å². The maximum atomic E-state index is 12.0. The summed E-state index contributed by atoms with van der Waals surface area (Å²) in [6.45, 7) is -0.859. The Balaban J connectivity index is 3.07. The maximum Gasteiger partial charge on any atom is 0.130 e. The van der Waals surface area contributed by atoms with Crippen LogP contribution in [-0.4, -0.2) is 16.9 Å². The van der Waals surface area contributed by atoms with Gasteiger partial charge in [-0.3, -0.25) is 0 Å². The molecule has 0 saturated heterocycles. The number of benzene rings is 1. The molecular formula is C8H8BrFO2. The van der Waals surface area contributed by atoms with Crippen LogP contribution in [-0.2, 0) is 0 Å². The molecule has 66 valence electrons. The molecule has 1 aromatic rings. The molecule has 0 aromatic heterocycles. The lowest BCUT2D eigenvalue weighted by Crippen LogP contribution is -1.99. The summed E-state index contributed by atoms with van der Waals surface area (Å²) < 4.78 is 12.4. The summed E-state index contributed by atoms with van der Waals surface area (Å²) in [5.74, 6) is 0. The molecule has 4 heteroatoms. The Hall–Kier alpha value is -0.610. The molecule has 1 unspecified atom stereocenters. The van der Waals surface area contributed by atoms with Crippen LogP contribution >= 0.6 is 15.9 Å². The number of rotatable bonds is 2. The predicted molar refractivity (Wildman–Crippen MR) is 46.7 cm³/mol. The third-order valence-electron chi connectivity index (χ3n) is 1.51. The summed E-state index contributed by atoms with van der Waals surface area (Å²) in [5.41, 5.74) is 0.359. The van der Waals surface area contributed by atoms with Crippen LogP contribution in [0.25, 0.3) is 0 Å². The van der Waals surface area contributed by atoms with Crippen molar-refractivity contribution in [3.63, 3.8) is 0 Å². The minimum absolute atomic E-state index is 0. The zero-order valence-corrected chi connectivity index (χ0v) is 7.75. The summed E-state index contributed by atoms with van der Waals surface area (Å²) >= 11 is 3.04. The van der Waals surface area contributed by atoms with Crippen molar-refractivity contribution < 1.29 is 14.6 Å². The van der Waals surface area contributed by atoms with Crippen LogP contribution in [0.5, 0.6) is 5.75 Å². The van der Waals surface area contributed by atoms with Gasteiger partial charge >= 0.3 is 0 Å². The van der Waals surface area contributed by atoms with E-state index >= 15 is 0 Å². The highest BCUT2D eigenvalue weighted by molar-refractivity contribution is 9.10. The number of phenols is 1. The molecule has 1 aromatic carbocycles. The molecule has 2 N–H and O–H groups in total. The second-order valence-electron chi connectivity index (χ2n) is 2.35. The van der Waals surface area contributed by atoms with Crippen molar-refractivity contribution in [3.8, 4) is 5.75 Å². The zero-order valence-electron chi connectivity index (χ0n) is 6.17. The highest BCUT2D eigenvalue weighted by atomic mass is 79.9. The standard InChI is InChI=1S/C8H8BrFO2/c9-8-5(7(12)4-10)2-1-3-6(8)11/h1-3,7,11-12H,4H2. The van der Waals surface area contributed by atoms with Gasteiger partial charge in [-0.15, -0.1) is 0 Å². The van der Waals surface area contributed by atoms with E-state index in [9.17, 15) is 4.39 Å². The summed E-state index contributed by atoms with van der Waals surface area (Å²) in [5, 5.41) is 18.3. The van der Waals surface area contributed by atoms with E-state index < -0.39 is 12.8 Å². The van der Waals surface area contributed by atoms with Gasteiger partial charge < -0.3 is 10.2 Å². The SMILES string of the molecule is Oc1cccc(C(O)CF)c1Br. The molecule has 12 heavy (non-hydrogen) atoms. The zero-order chi connectivity index (χ0) is 9.14. The number of halogens is 2. The third-order valence-corrected chi connectivity index (χ3v) is 2.38. The average molecular weight is 235 g/mol. The highest BCUT2D eigenvalue weighted by Gasteiger charge is 2.12. The molecule has 0 fully saturated rings. The number of hydrogen-bond donors (Lipinski definition) is 2. The first kappa shape index (κ1) is 9.48. The maximum absolute atomic E-state index is 12.0. The van der Waals surface area contributed by atoms with E-state index in [2.05, 4.69) is 15.9 Å². The molecule has 0 bridgehead atoms. The van der Waals surface area contributed by atoms with E-state index in [4.69, 9.17) is 10.2 Å². The molecule has 0 radical (unpaired) electrons. The topological polar surface area (TPSA) is 40.5 Å². The van der Waals surface area contributed by atoms with Crippen molar-refractivity contribution in [1.82, 2.24) is 0 Å². The lowest BCUT2D eigenvalue weighted by atomic mass is 10.1. The number of hydrogen-bond acceptors (Lipinski definition) is 2. The van der Waals surface area contributed by atoms with E-state index in [1.165, 1.54) is 6.07 Å². The molecule has 1 rings (SSSR count). The Morgan fingerprint density at radius 1 is 1.50 bits per heavy atom. The van der Waals surface area contributed by atoms with Crippen LogP contribution in [0.1, 0.15) is 11.7 Å². The smallest absolute Gasteiger partial charge is 0.130 e.